The summed E-state index contributed by atoms with van der Waals surface area (Å²) in [4.78, 5) is 5.99. The molecule has 12 nitrogen and oxygen atoms in total. The van der Waals surface area contributed by atoms with Gasteiger partial charge in [-0.15, -0.1) is 10.2 Å². The van der Waals surface area contributed by atoms with E-state index in [1.807, 2.05) is 0 Å². The molecule has 16 heteroatoms. The fourth-order valence-corrected chi connectivity index (χ4v) is 5.90. The highest BCUT2D eigenvalue weighted by atomic mass is 32.2. The molecule has 0 saturated heterocycles. The van der Waals surface area contributed by atoms with E-state index in [0.717, 1.165) is 0 Å². The summed E-state index contributed by atoms with van der Waals surface area (Å²) < 4.78 is 66.6. The van der Waals surface area contributed by atoms with Crippen LogP contribution in [0.4, 0.5) is 8.78 Å². The molecule has 2 heterocycles. The van der Waals surface area contributed by atoms with Gasteiger partial charge in [0, 0.05) is 12.1 Å². The summed E-state index contributed by atoms with van der Waals surface area (Å²) in [6.45, 7) is -0.936. The molecule has 0 aliphatic carbocycles. The van der Waals surface area contributed by atoms with E-state index in [9.17, 15) is 21.8 Å². The Hall–Kier alpha value is -3.02. The highest BCUT2D eigenvalue weighted by Gasteiger charge is 2.35. The Morgan fingerprint density at radius 2 is 1.91 bits per heavy atom. The van der Waals surface area contributed by atoms with Crippen molar-refractivity contribution in [3.63, 3.8) is 0 Å². The molecule has 180 valence electrons. The quantitative estimate of drug-likeness (QED) is 0.203. The summed E-state index contributed by atoms with van der Waals surface area (Å²) in [6, 6.07) is 7.44. The van der Waals surface area contributed by atoms with Gasteiger partial charge in [-0.3, -0.25) is 0 Å². The van der Waals surface area contributed by atoms with Gasteiger partial charge in [-0.1, -0.05) is 12.1 Å². The van der Waals surface area contributed by atoms with Crippen molar-refractivity contribution < 1.29 is 21.8 Å². The van der Waals surface area contributed by atoms with Crippen molar-refractivity contribution in [2.75, 3.05) is 18.8 Å². The Bertz CT molecular complexity index is 1440. The smallest absolute Gasteiger partial charge is 0.316 e. The lowest BCUT2D eigenvalue weighted by molar-refractivity contribution is -0.00235. The number of nitrogens with one attached hydrogen (secondary N) is 2. The van der Waals surface area contributed by atoms with Gasteiger partial charge in [0.05, 0.1) is 23.1 Å². The molecule has 0 saturated carbocycles. The number of nitrogens with two attached hydrogens (primary N) is 3. The van der Waals surface area contributed by atoms with Crippen molar-refractivity contribution in [2.24, 2.45) is 16.6 Å². The van der Waals surface area contributed by atoms with Gasteiger partial charge in [-0.05, 0) is 40.2 Å². The summed E-state index contributed by atoms with van der Waals surface area (Å²) in [5, 5.41) is 19.0. The number of benzene rings is 2. The van der Waals surface area contributed by atoms with Crippen LogP contribution in [0.15, 0.2) is 40.1 Å². The molecule has 0 bridgehead atoms. The molecule has 4 aromatic rings. The number of tetrazole rings is 1. The summed E-state index contributed by atoms with van der Waals surface area (Å²) in [6.07, 6.45) is 0. The molecule has 4 rings (SSSR count). The van der Waals surface area contributed by atoms with Crippen LogP contribution in [0.25, 0.3) is 33.5 Å². The molecule has 0 aliphatic heterocycles. The van der Waals surface area contributed by atoms with Crippen molar-refractivity contribution in [3.8, 4) is 22.5 Å². The van der Waals surface area contributed by atoms with Crippen LogP contribution < -0.4 is 16.6 Å². The molecule has 34 heavy (non-hydrogen) atoms. The molecule has 0 amide bonds. The Labute approximate surface area is 194 Å². The van der Waals surface area contributed by atoms with E-state index in [1.165, 1.54) is 18.2 Å². The number of aromatic amines is 2. The highest BCUT2D eigenvalue weighted by Crippen LogP contribution is 2.41. The zero-order valence-corrected chi connectivity index (χ0v) is 19.0. The van der Waals surface area contributed by atoms with Crippen molar-refractivity contribution in [2.45, 2.75) is 15.7 Å². The number of sulfonamides is 1. The van der Waals surface area contributed by atoms with Crippen molar-refractivity contribution in [1.82, 2.24) is 30.6 Å². The van der Waals surface area contributed by atoms with Crippen molar-refractivity contribution in [3.05, 3.63) is 36.2 Å². The largest absolute Gasteiger partial charge is 0.611 e. The first-order valence-corrected chi connectivity index (χ1v) is 12.5. The number of hydrogen-bond acceptors (Lipinski definition) is 9. The van der Waals surface area contributed by atoms with Gasteiger partial charge in [-0.25, -0.2) is 18.5 Å². The van der Waals surface area contributed by atoms with Crippen LogP contribution in [0.3, 0.4) is 0 Å². The van der Waals surface area contributed by atoms with Gasteiger partial charge in [-0.2, -0.15) is 14.0 Å². The van der Waals surface area contributed by atoms with E-state index in [2.05, 4.69) is 30.6 Å². The van der Waals surface area contributed by atoms with Crippen molar-refractivity contribution >= 4 is 32.2 Å². The lowest BCUT2D eigenvalue weighted by atomic mass is 9.98. The Balaban J connectivity index is 2.08. The molecule has 2 aromatic heterocycles. The standard InChI is InChI=1S/C18H19F2N9O3S2/c19-18(20,8-22)17-24-11-3-1-2-10(14(11)25-17)9-4-5-12(33(30)7-6-21)15(34(23,31)32)13(9)16-26-28-29-27-16/h1-5H,6-8,21-22H2,(H,24,25)(H2,23,31,32)(H,26,27,28,29). The number of fused-ring (bicyclic) bond motifs is 1. The van der Waals surface area contributed by atoms with E-state index in [1.54, 1.807) is 12.1 Å². The van der Waals surface area contributed by atoms with E-state index in [-0.39, 0.29) is 50.7 Å². The number of halogens is 2. The first-order chi connectivity index (χ1) is 16.1. The zero-order valence-electron chi connectivity index (χ0n) is 17.3. The number of aromatic nitrogens is 6. The lowest BCUT2D eigenvalue weighted by Gasteiger charge is -2.17. The maximum atomic E-state index is 14.2. The number of para-hydroxylation sites is 1. The maximum absolute atomic E-state index is 14.2. The van der Waals surface area contributed by atoms with Gasteiger partial charge in [0.25, 0.3) is 0 Å². The topological polar surface area (TPSA) is 218 Å². The fourth-order valence-electron chi connectivity index (χ4n) is 3.48. The number of imidazole rings is 1. The molecular weight excluding hydrogens is 492 g/mol. The summed E-state index contributed by atoms with van der Waals surface area (Å²) >= 11 is -1.82. The van der Waals surface area contributed by atoms with Gasteiger partial charge in [0.15, 0.2) is 10.7 Å². The predicted octanol–water partition coefficient (Wildman–Crippen LogP) is 0.174. The van der Waals surface area contributed by atoms with Crippen LogP contribution >= 0.6 is 0 Å². The minimum Gasteiger partial charge on any atom is -0.611 e. The summed E-state index contributed by atoms with van der Waals surface area (Å²) in [7, 11) is -4.48. The minimum atomic E-state index is -4.48. The van der Waals surface area contributed by atoms with E-state index < -0.39 is 44.4 Å². The molecule has 1 atom stereocenters. The normalized spacial score (nSPS) is 13.5. The Morgan fingerprint density at radius 1 is 1.15 bits per heavy atom. The minimum absolute atomic E-state index is 0.0277. The molecule has 0 radical (unpaired) electrons. The average Bonchev–Trinajstić information content (AvgIpc) is 3.48. The predicted molar refractivity (Wildman–Crippen MR) is 119 cm³/mol. The first kappa shape index (κ1) is 24.1. The van der Waals surface area contributed by atoms with Crippen LogP contribution in [-0.4, -0.2) is 62.4 Å². The lowest BCUT2D eigenvalue weighted by Crippen LogP contribution is -2.26. The number of H-pyrrole nitrogens is 2. The average molecular weight is 512 g/mol. The zero-order chi connectivity index (χ0) is 24.7. The molecule has 0 fully saturated rings. The third kappa shape index (κ3) is 4.26. The molecular formula is C18H19F2N9O3S2. The summed E-state index contributed by atoms with van der Waals surface area (Å²) in [5.74, 6) is -4.25. The number of alkyl halides is 2. The summed E-state index contributed by atoms with van der Waals surface area (Å²) in [5.41, 5.74) is 11.4. The van der Waals surface area contributed by atoms with Crippen LogP contribution in [0.1, 0.15) is 5.82 Å². The second-order valence-electron chi connectivity index (χ2n) is 7.13. The van der Waals surface area contributed by atoms with Gasteiger partial charge in [0.2, 0.25) is 15.8 Å². The molecule has 2 aromatic carbocycles. The second-order valence-corrected chi connectivity index (χ2v) is 10.2. The third-order valence-corrected chi connectivity index (χ3v) is 7.49. The van der Waals surface area contributed by atoms with Gasteiger partial charge < -0.3 is 21.0 Å². The molecule has 0 aliphatic rings. The van der Waals surface area contributed by atoms with Crippen LogP contribution in [0, 0.1) is 0 Å². The van der Waals surface area contributed by atoms with E-state index in [4.69, 9.17) is 16.6 Å². The van der Waals surface area contributed by atoms with Crippen LogP contribution in [0.5, 0.6) is 0 Å². The highest BCUT2D eigenvalue weighted by molar-refractivity contribution is 7.93. The van der Waals surface area contributed by atoms with E-state index >= 15 is 0 Å². The first-order valence-electron chi connectivity index (χ1n) is 9.68. The Morgan fingerprint density at radius 3 is 2.53 bits per heavy atom. The van der Waals surface area contributed by atoms with E-state index in [0.29, 0.717) is 0 Å². The Kier molecular flexibility index (Phi) is 6.36. The van der Waals surface area contributed by atoms with Crippen LogP contribution in [0.2, 0.25) is 0 Å². The van der Waals surface area contributed by atoms with Crippen LogP contribution in [-0.2, 0) is 27.1 Å². The maximum Gasteiger partial charge on any atom is 0.316 e. The molecule has 1 unspecified atom stereocenters. The number of primary sulfonamides is 1. The van der Waals surface area contributed by atoms with Gasteiger partial charge in [0.1, 0.15) is 10.6 Å². The van der Waals surface area contributed by atoms with Crippen molar-refractivity contribution in [1.29, 1.82) is 0 Å². The number of hydrogen-bond donors (Lipinski definition) is 5. The SMILES string of the molecule is NCC[S+]([O-])c1ccc(-c2cccc3[nH]c(C(F)(F)CN)nc23)c(-c2nn[nH]n2)c1S(N)(=O)=O. The molecule has 0 spiro atoms. The fraction of sp³-hybridized carbons (Fsp3) is 0.222. The number of rotatable bonds is 8. The second kappa shape index (κ2) is 8.97. The monoisotopic (exact) mass is 511 g/mol. The number of nitrogens with zero attached hydrogens (tertiary/aromatic N) is 4. The van der Waals surface area contributed by atoms with Gasteiger partial charge >= 0.3 is 5.92 Å². The molecule has 8 N–H and O–H groups in total. The third-order valence-electron chi connectivity index (χ3n) is 4.93.